The molecule has 0 amide bonds. The summed E-state index contributed by atoms with van der Waals surface area (Å²) >= 11 is 0. The van der Waals surface area contributed by atoms with Crippen LogP contribution in [-0.2, 0) is 101 Å². The SMILES string of the molecule is CCOC(CCCC(OC)C1(C)COC1)[Si](C)(OC)OC.CCOC(CCCC(OC)C1(C)COC1)[Si](C)(OCC)OCC.CCOC(CCCC(OC)C1(C)COC1)[Si](OC)(OC)OC.CCOC(CCCC(OC)C1(C)COC1)[Si](OCC)(OCC)OCC. The normalized spacial score (nSPS) is 20.2. The highest BCUT2D eigenvalue weighted by Crippen LogP contribution is 2.39. The fourth-order valence-electron chi connectivity index (χ4n) is 12.7. The summed E-state index contributed by atoms with van der Waals surface area (Å²) in [6, 6.07) is 0. The minimum absolute atomic E-state index is 0.0560. The highest BCUT2D eigenvalue weighted by molar-refractivity contribution is 6.67. The van der Waals surface area contributed by atoms with Crippen molar-refractivity contribution in [2.24, 2.45) is 21.7 Å². The summed E-state index contributed by atoms with van der Waals surface area (Å²) in [5, 5.41) is 0. The first-order valence-corrected chi connectivity index (χ1v) is 42.7. The Morgan fingerprint density at radius 2 is 0.516 bits per heavy atom. The van der Waals surface area contributed by atoms with Crippen LogP contribution in [0.3, 0.4) is 0 Å². The summed E-state index contributed by atoms with van der Waals surface area (Å²) in [6.45, 7) is 42.9. The molecule has 0 radical (unpaired) electrons. The van der Waals surface area contributed by atoms with E-state index in [9.17, 15) is 0 Å². The Hall–Kier alpha value is -0.0125. The minimum atomic E-state index is -2.86. The summed E-state index contributed by atoms with van der Waals surface area (Å²) in [5.41, 5.74) is 0.421. The lowest BCUT2D eigenvalue weighted by molar-refractivity contribution is -0.172. The molecule has 0 N–H and O–H groups in total. The lowest BCUT2D eigenvalue weighted by Crippen LogP contribution is -2.57. The molecule has 0 aromatic rings. The van der Waals surface area contributed by atoms with Crippen LogP contribution in [0.1, 0.15) is 167 Å². The van der Waals surface area contributed by atoms with Crippen LogP contribution in [0.4, 0.5) is 0 Å². The third-order valence-electron chi connectivity index (χ3n) is 18.4. The van der Waals surface area contributed by atoms with Gasteiger partial charge in [-0.15, -0.1) is 0 Å². The second-order valence-electron chi connectivity index (χ2n) is 25.4. The van der Waals surface area contributed by atoms with Gasteiger partial charge in [0, 0.05) is 145 Å². The van der Waals surface area contributed by atoms with Crippen LogP contribution in [0.25, 0.3) is 0 Å². The Morgan fingerprint density at radius 1 is 0.286 bits per heavy atom. The van der Waals surface area contributed by atoms with Crippen molar-refractivity contribution in [2.45, 2.75) is 227 Å². The van der Waals surface area contributed by atoms with E-state index in [4.69, 9.17) is 101 Å². The van der Waals surface area contributed by atoms with Crippen molar-refractivity contribution in [3.05, 3.63) is 0 Å². The van der Waals surface area contributed by atoms with Crippen molar-refractivity contribution in [3.63, 3.8) is 0 Å². The van der Waals surface area contributed by atoms with Gasteiger partial charge in [0.15, 0.2) is 0 Å². The van der Waals surface area contributed by atoms with Crippen LogP contribution < -0.4 is 0 Å². The van der Waals surface area contributed by atoms with E-state index < -0.39 is 34.7 Å². The smallest absolute Gasteiger partial charge is 0.396 e. The number of hydrogen-bond acceptors (Lipinski definition) is 22. The highest BCUT2D eigenvalue weighted by atomic mass is 28.4. The molecule has 4 rings (SSSR count). The van der Waals surface area contributed by atoms with Gasteiger partial charge in [0.2, 0.25) is 0 Å². The lowest BCUT2D eigenvalue weighted by Gasteiger charge is -2.44. The average molecular weight is 1380 g/mol. The topological polar surface area (TPSA) is 203 Å². The molecule has 91 heavy (non-hydrogen) atoms. The van der Waals surface area contributed by atoms with E-state index in [-0.39, 0.29) is 69.0 Å². The standard InChI is InChI=1S/C18H38O6Si.C17H36O5Si.C15H32O6Si.C15H32O5Si/c1-7-21-17(25(22-8-2,23-9-3)24-10-4)13-11-12-16(19-6)18(5)14-20-15-18;1-7-20-16(23(6,21-8-2)22-9-3)12-10-11-15(18-5)17(4)13-19-14-17;1-7-21-14(22(17-4,18-5)19-6)10-8-9-13(16-3)15(2)11-20-12-15;1-7-20-14(21(6,17-4)18-5)10-8-9-13(16-3)15(2)11-19-12-15/h16-17H,7-15H2,1-6H3;15-16H,7-14H2,1-6H3;13-14H,7-12H2,1-6H3;13-14H,7-12H2,1-6H3. The Morgan fingerprint density at radius 3 is 0.714 bits per heavy atom. The van der Waals surface area contributed by atoms with E-state index >= 15 is 0 Å². The Balaban J connectivity index is 0.000000608. The van der Waals surface area contributed by atoms with Crippen molar-refractivity contribution >= 4 is 34.7 Å². The van der Waals surface area contributed by atoms with Crippen LogP contribution in [0.2, 0.25) is 13.1 Å². The number of ether oxygens (including phenoxy) is 12. The maximum Gasteiger partial charge on any atom is 0.531 e. The maximum atomic E-state index is 6.03. The van der Waals surface area contributed by atoms with Gasteiger partial charge in [0.05, 0.1) is 77.3 Å². The summed E-state index contributed by atoms with van der Waals surface area (Å²) in [4.78, 5) is 0. The molecule has 26 heteroatoms. The summed E-state index contributed by atoms with van der Waals surface area (Å²) in [6.07, 6.45) is 12.4. The molecule has 8 unspecified atom stereocenters. The molecule has 4 saturated heterocycles. The van der Waals surface area contributed by atoms with Crippen molar-refractivity contribution < 1.29 is 101 Å². The van der Waals surface area contributed by atoms with Gasteiger partial charge in [-0.1, -0.05) is 27.7 Å². The predicted octanol–water partition coefficient (Wildman–Crippen LogP) is 11.0. The van der Waals surface area contributed by atoms with Gasteiger partial charge < -0.3 is 101 Å². The van der Waals surface area contributed by atoms with E-state index in [2.05, 4.69) is 40.8 Å². The number of rotatable bonds is 51. The average Bonchev–Trinajstić information content (AvgIpc) is 3.57. The summed E-state index contributed by atoms with van der Waals surface area (Å²) < 4.78 is 126. The molecular weight excluding hydrogens is 1250 g/mol. The van der Waals surface area contributed by atoms with Gasteiger partial charge >= 0.3 is 34.7 Å². The molecule has 0 aliphatic carbocycles. The second-order valence-corrected chi connectivity index (χ2v) is 37.9. The Labute approximate surface area is 558 Å². The third-order valence-corrected chi connectivity index (χ3v) is 31.3. The van der Waals surface area contributed by atoms with Crippen LogP contribution in [0, 0.1) is 21.7 Å². The Kier molecular flexibility index (Phi) is 46.1. The molecule has 0 spiro atoms. The summed E-state index contributed by atoms with van der Waals surface area (Å²) in [7, 11) is 5.23. The van der Waals surface area contributed by atoms with E-state index in [1.165, 1.54) is 0 Å². The molecule has 4 aliphatic rings. The van der Waals surface area contributed by atoms with Crippen LogP contribution >= 0.6 is 0 Å². The van der Waals surface area contributed by atoms with Crippen LogP contribution in [0.15, 0.2) is 0 Å². The van der Waals surface area contributed by atoms with Gasteiger partial charge in [-0.25, -0.2) is 0 Å². The zero-order valence-electron chi connectivity index (χ0n) is 62.1. The summed E-state index contributed by atoms with van der Waals surface area (Å²) in [5.74, 6) is 0. The van der Waals surface area contributed by atoms with Crippen LogP contribution in [0.5, 0.6) is 0 Å². The molecule has 0 aromatic heterocycles. The molecule has 546 valence electrons. The number of methoxy groups -OCH3 is 4. The first kappa shape index (κ1) is 89.0. The lowest BCUT2D eigenvalue weighted by atomic mass is 9.80. The number of hydrogen-bond donors (Lipinski definition) is 0. The minimum Gasteiger partial charge on any atom is -0.396 e. The molecule has 22 nitrogen and oxygen atoms in total. The van der Waals surface area contributed by atoms with Gasteiger partial charge in [-0.3, -0.25) is 0 Å². The fourth-order valence-corrected chi connectivity index (χ4v) is 22.6. The zero-order chi connectivity index (χ0) is 68.7. The van der Waals surface area contributed by atoms with E-state index in [1.807, 2.05) is 62.3 Å². The second kappa shape index (κ2) is 47.1. The van der Waals surface area contributed by atoms with Crippen molar-refractivity contribution in [1.29, 1.82) is 0 Å². The molecule has 4 fully saturated rings. The molecule has 0 saturated carbocycles. The van der Waals surface area contributed by atoms with Gasteiger partial charge in [-0.05, 0) is 152 Å². The fraction of sp³-hybridized carbons (Fsp3) is 1.00. The van der Waals surface area contributed by atoms with Gasteiger partial charge in [0.1, 0.15) is 22.9 Å². The van der Waals surface area contributed by atoms with Crippen molar-refractivity contribution in [3.8, 4) is 0 Å². The van der Waals surface area contributed by atoms with E-state index in [0.29, 0.717) is 59.5 Å². The van der Waals surface area contributed by atoms with Crippen molar-refractivity contribution in [2.75, 3.05) is 176 Å². The van der Waals surface area contributed by atoms with Gasteiger partial charge in [-0.2, -0.15) is 0 Å². The first-order chi connectivity index (χ1) is 43.4. The molecule has 8 atom stereocenters. The Bertz CT molecular complexity index is 1730. The quantitative estimate of drug-likeness (QED) is 0.0520. The van der Waals surface area contributed by atoms with Crippen LogP contribution in [-0.4, -0.2) is 258 Å². The maximum absolute atomic E-state index is 6.03. The molecular formula is C65H138O22Si4. The van der Waals surface area contributed by atoms with E-state index in [1.54, 1.807) is 64.0 Å². The zero-order valence-corrected chi connectivity index (χ0v) is 66.1. The van der Waals surface area contributed by atoms with Crippen molar-refractivity contribution in [1.82, 2.24) is 0 Å². The molecule has 0 aromatic carbocycles. The predicted molar refractivity (Wildman–Crippen MR) is 364 cm³/mol. The first-order valence-electron chi connectivity index (χ1n) is 34.3. The molecule has 0 bridgehead atoms. The van der Waals surface area contributed by atoms with Gasteiger partial charge in [0.25, 0.3) is 0 Å². The molecule has 4 heterocycles. The monoisotopic (exact) mass is 1380 g/mol. The van der Waals surface area contributed by atoms with E-state index in [0.717, 1.165) is 130 Å². The molecule has 4 aliphatic heterocycles. The highest BCUT2D eigenvalue weighted by Gasteiger charge is 2.52. The third kappa shape index (κ3) is 27.6. The largest absolute Gasteiger partial charge is 0.531 e.